The number of hydrogen-bond acceptors (Lipinski definition) is 5. The summed E-state index contributed by atoms with van der Waals surface area (Å²) in [5.41, 5.74) is 2.60. The minimum Gasteiger partial charge on any atom is -0.428 e. The first-order valence-corrected chi connectivity index (χ1v) is 6.28. The van der Waals surface area contributed by atoms with E-state index in [0.29, 0.717) is 28.3 Å². The monoisotopic (exact) mass is 270 g/mol. The van der Waals surface area contributed by atoms with Crippen molar-refractivity contribution in [3.8, 4) is 5.95 Å². The number of aromatic nitrogens is 4. The molecule has 6 nitrogen and oxygen atoms in total. The van der Waals surface area contributed by atoms with Gasteiger partial charge in [-0.25, -0.2) is 14.8 Å². The zero-order valence-electron chi connectivity index (χ0n) is 11.8. The molecule has 0 unspecified atom stereocenters. The van der Waals surface area contributed by atoms with Crippen LogP contribution < -0.4 is 5.63 Å². The molecule has 3 heterocycles. The number of nitrogens with zero attached hydrogens (tertiary/aromatic N) is 4. The second-order valence-corrected chi connectivity index (χ2v) is 4.85. The maximum absolute atomic E-state index is 11.9. The summed E-state index contributed by atoms with van der Waals surface area (Å²) >= 11 is 0. The van der Waals surface area contributed by atoms with Gasteiger partial charge in [0.05, 0.1) is 11.2 Å². The van der Waals surface area contributed by atoms with Gasteiger partial charge in [-0.05, 0) is 33.8 Å². The average Bonchev–Trinajstić information content (AvgIpc) is 2.65. The van der Waals surface area contributed by atoms with Crippen molar-refractivity contribution in [3.05, 3.63) is 45.4 Å². The molecule has 0 saturated carbocycles. The highest BCUT2D eigenvalue weighted by atomic mass is 16.4. The summed E-state index contributed by atoms with van der Waals surface area (Å²) in [5.74, 6) is 0.999. The van der Waals surface area contributed by atoms with Crippen molar-refractivity contribution in [2.45, 2.75) is 27.7 Å². The molecule has 0 radical (unpaired) electrons. The van der Waals surface area contributed by atoms with Gasteiger partial charge in [-0.2, -0.15) is 9.78 Å². The van der Waals surface area contributed by atoms with Gasteiger partial charge < -0.3 is 4.42 Å². The summed E-state index contributed by atoms with van der Waals surface area (Å²) in [7, 11) is 0. The first-order valence-electron chi connectivity index (χ1n) is 6.28. The molecule has 0 amide bonds. The molecule has 0 bridgehead atoms. The highest BCUT2D eigenvalue weighted by molar-refractivity contribution is 5.81. The fourth-order valence-electron chi connectivity index (χ4n) is 2.30. The van der Waals surface area contributed by atoms with E-state index < -0.39 is 0 Å². The van der Waals surface area contributed by atoms with Gasteiger partial charge in [-0.3, -0.25) is 0 Å². The smallest absolute Gasteiger partial charge is 0.347 e. The standard InChI is InChI=1S/C14H14N4O2/c1-7-5-8(2)16-14(15-7)18-11-6-9(3)20-13(19)12(11)10(4)17-18/h5-6H,1-4H3. The maximum atomic E-state index is 11.9. The molecule has 102 valence electrons. The van der Waals surface area contributed by atoms with Crippen LogP contribution in [-0.4, -0.2) is 19.7 Å². The highest BCUT2D eigenvalue weighted by Gasteiger charge is 2.16. The summed E-state index contributed by atoms with van der Waals surface area (Å²) < 4.78 is 6.71. The van der Waals surface area contributed by atoms with Gasteiger partial charge in [0.1, 0.15) is 11.1 Å². The van der Waals surface area contributed by atoms with Crippen LogP contribution in [0, 0.1) is 27.7 Å². The molecule has 6 heteroatoms. The summed E-state index contributed by atoms with van der Waals surface area (Å²) in [6.45, 7) is 7.30. The third kappa shape index (κ3) is 1.89. The number of aryl methyl sites for hydroxylation is 4. The molecule has 0 aliphatic heterocycles. The van der Waals surface area contributed by atoms with E-state index in [-0.39, 0.29) is 5.63 Å². The Bertz CT molecular complexity index is 856. The Balaban J connectivity index is 2.40. The van der Waals surface area contributed by atoms with Gasteiger partial charge in [0.25, 0.3) is 5.95 Å². The fraction of sp³-hybridized carbons (Fsp3) is 0.286. The van der Waals surface area contributed by atoms with Crippen molar-refractivity contribution in [3.63, 3.8) is 0 Å². The van der Waals surface area contributed by atoms with Crippen LogP contribution in [0.5, 0.6) is 0 Å². The van der Waals surface area contributed by atoms with Gasteiger partial charge in [0.2, 0.25) is 0 Å². The van der Waals surface area contributed by atoms with E-state index in [1.54, 1.807) is 24.6 Å². The average molecular weight is 270 g/mol. The van der Waals surface area contributed by atoms with Crippen molar-refractivity contribution in [1.29, 1.82) is 0 Å². The van der Waals surface area contributed by atoms with Crippen LogP contribution in [0.3, 0.4) is 0 Å². The number of hydrogen-bond donors (Lipinski definition) is 0. The highest BCUT2D eigenvalue weighted by Crippen LogP contribution is 2.18. The predicted octanol–water partition coefficient (Wildman–Crippen LogP) is 2.00. The Morgan fingerprint density at radius 2 is 1.70 bits per heavy atom. The Labute approximate surface area is 115 Å². The van der Waals surface area contributed by atoms with Crippen molar-refractivity contribution in [1.82, 2.24) is 19.7 Å². The van der Waals surface area contributed by atoms with E-state index >= 15 is 0 Å². The summed E-state index contributed by atoms with van der Waals surface area (Å²) in [5, 5.41) is 4.85. The minimum atomic E-state index is -0.381. The van der Waals surface area contributed by atoms with Gasteiger partial charge in [0.15, 0.2) is 0 Å². The van der Waals surface area contributed by atoms with Crippen molar-refractivity contribution >= 4 is 10.9 Å². The van der Waals surface area contributed by atoms with E-state index in [0.717, 1.165) is 11.4 Å². The molecule has 3 aromatic rings. The molecule has 0 atom stereocenters. The lowest BCUT2D eigenvalue weighted by molar-refractivity contribution is 0.488. The van der Waals surface area contributed by atoms with Crippen molar-refractivity contribution < 1.29 is 4.42 Å². The lowest BCUT2D eigenvalue weighted by Crippen LogP contribution is -2.06. The second kappa shape index (κ2) is 4.26. The zero-order chi connectivity index (χ0) is 14.4. The van der Waals surface area contributed by atoms with Gasteiger partial charge >= 0.3 is 5.63 Å². The number of rotatable bonds is 1. The SMILES string of the molecule is Cc1cc(C)nc(-n2nc(C)c3c(=O)oc(C)cc32)n1. The van der Waals surface area contributed by atoms with Crippen molar-refractivity contribution in [2.24, 2.45) is 0 Å². The molecule has 20 heavy (non-hydrogen) atoms. The summed E-state index contributed by atoms with van der Waals surface area (Å²) in [6, 6.07) is 3.67. The molecule has 3 aromatic heterocycles. The molecule has 0 aliphatic carbocycles. The topological polar surface area (TPSA) is 73.8 Å². The third-order valence-corrected chi connectivity index (χ3v) is 3.05. The van der Waals surface area contributed by atoms with Gasteiger partial charge in [-0.1, -0.05) is 0 Å². The van der Waals surface area contributed by atoms with E-state index in [1.165, 1.54) is 0 Å². The molecular weight excluding hydrogens is 256 g/mol. The first-order chi connectivity index (χ1) is 9.45. The Hall–Kier alpha value is -2.50. The van der Waals surface area contributed by atoms with E-state index in [1.807, 2.05) is 19.9 Å². The van der Waals surface area contributed by atoms with Crippen LogP contribution in [0.4, 0.5) is 0 Å². The van der Waals surface area contributed by atoms with E-state index in [4.69, 9.17) is 4.42 Å². The molecular formula is C14H14N4O2. The molecule has 0 N–H and O–H groups in total. The number of fused-ring (bicyclic) bond motifs is 1. The Kier molecular flexibility index (Phi) is 2.67. The van der Waals surface area contributed by atoms with Crippen LogP contribution >= 0.6 is 0 Å². The third-order valence-electron chi connectivity index (χ3n) is 3.05. The molecule has 0 aromatic carbocycles. The summed E-state index contributed by atoms with van der Waals surface area (Å²) in [4.78, 5) is 20.7. The minimum absolute atomic E-state index is 0.381. The lowest BCUT2D eigenvalue weighted by Gasteiger charge is -2.04. The molecule has 0 spiro atoms. The summed E-state index contributed by atoms with van der Waals surface area (Å²) in [6.07, 6.45) is 0. The van der Waals surface area contributed by atoms with Crippen LogP contribution in [0.15, 0.2) is 21.3 Å². The Morgan fingerprint density at radius 3 is 2.35 bits per heavy atom. The fourth-order valence-corrected chi connectivity index (χ4v) is 2.30. The molecule has 3 rings (SSSR count). The normalized spacial score (nSPS) is 11.2. The predicted molar refractivity (Wildman–Crippen MR) is 74.1 cm³/mol. The van der Waals surface area contributed by atoms with Crippen LogP contribution in [0.25, 0.3) is 16.9 Å². The second-order valence-electron chi connectivity index (χ2n) is 4.85. The van der Waals surface area contributed by atoms with Crippen LogP contribution in [0.2, 0.25) is 0 Å². The van der Waals surface area contributed by atoms with Gasteiger partial charge in [0, 0.05) is 17.5 Å². The molecule has 0 saturated heterocycles. The Morgan fingerprint density at radius 1 is 1.05 bits per heavy atom. The van der Waals surface area contributed by atoms with E-state index in [9.17, 15) is 4.79 Å². The van der Waals surface area contributed by atoms with Crippen molar-refractivity contribution in [2.75, 3.05) is 0 Å². The largest absolute Gasteiger partial charge is 0.428 e. The molecule has 0 fully saturated rings. The first kappa shape index (κ1) is 12.5. The van der Waals surface area contributed by atoms with Crippen LogP contribution in [0.1, 0.15) is 22.8 Å². The van der Waals surface area contributed by atoms with Crippen LogP contribution in [-0.2, 0) is 0 Å². The van der Waals surface area contributed by atoms with Gasteiger partial charge in [-0.15, -0.1) is 0 Å². The maximum Gasteiger partial charge on any atom is 0.347 e. The van der Waals surface area contributed by atoms with E-state index in [2.05, 4.69) is 15.1 Å². The zero-order valence-corrected chi connectivity index (χ0v) is 11.8. The molecule has 0 aliphatic rings. The lowest BCUT2D eigenvalue weighted by atomic mass is 10.2. The quantitative estimate of drug-likeness (QED) is 0.676.